The minimum atomic E-state index is -4.40. The van der Waals surface area contributed by atoms with E-state index in [1.165, 1.54) is 6.07 Å². The summed E-state index contributed by atoms with van der Waals surface area (Å²) in [5, 5.41) is 11.9. The van der Waals surface area contributed by atoms with Gasteiger partial charge in [-0.2, -0.15) is 18.4 Å². The fourth-order valence-electron chi connectivity index (χ4n) is 3.46. The number of anilines is 1. The summed E-state index contributed by atoms with van der Waals surface area (Å²) in [6.45, 7) is 3.12. The van der Waals surface area contributed by atoms with Crippen LogP contribution < -0.4 is 5.32 Å². The Bertz CT molecular complexity index is 1130. The predicted octanol–water partition coefficient (Wildman–Crippen LogP) is 6.26. The van der Waals surface area contributed by atoms with Crippen molar-refractivity contribution in [1.82, 2.24) is 9.47 Å². The monoisotopic (exact) mass is 454 g/mol. The van der Waals surface area contributed by atoms with Gasteiger partial charge in [-0.1, -0.05) is 31.5 Å². The first kappa shape index (κ1) is 23.9. The predicted molar refractivity (Wildman–Crippen MR) is 120 cm³/mol. The number of aromatic nitrogens is 1. The van der Waals surface area contributed by atoms with Gasteiger partial charge >= 0.3 is 12.2 Å². The topological polar surface area (TPSA) is 61.1 Å². The fraction of sp³-hybridized carbons (Fsp3) is 0.280. The van der Waals surface area contributed by atoms with Crippen molar-refractivity contribution < 1.29 is 18.0 Å². The van der Waals surface area contributed by atoms with Crippen LogP contribution in [0.5, 0.6) is 0 Å². The molecule has 0 aliphatic rings. The number of amides is 2. The molecule has 1 aromatic heterocycles. The van der Waals surface area contributed by atoms with Crippen molar-refractivity contribution in [1.29, 1.82) is 5.26 Å². The first-order valence-electron chi connectivity index (χ1n) is 10.7. The molecule has 1 heterocycles. The molecule has 0 aliphatic heterocycles. The van der Waals surface area contributed by atoms with Crippen molar-refractivity contribution in [2.24, 2.45) is 0 Å². The molecule has 0 radical (unpaired) electrons. The molecule has 5 nitrogen and oxygen atoms in total. The Morgan fingerprint density at radius 1 is 1.12 bits per heavy atom. The van der Waals surface area contributed by atoms with Crippen molar-refractivity contribution in [3.8, 4) is 6.07 Å². The van der Waals surface area contributed by atoms with Gasteiger partial charge in [0, 0.05) is 30.7 Å². The van der Waals surface area contributed by atoms with Crippen LogP contribution in [0.2, 0.25) is 0 Å². The van der Waals surface area contributed by atoms with E-state index in [0.29, 0.717) is 29.9 Å². The highest BCUT2D eigenvalue weighted by molar-refractivity contribution is 5.89. The van der Waals surface area contributed by atoms with Gasteiger partial charge < -0.3 is 14.8 Å². The van der Waals surface area contributed by atoms with Gasteiger partial charge in [-0.25, -0.2) is 4.79 Å². The lowest BCUT2D eigenvalue weighted by molar-refractivity contribution is -0.137. The lowest BCUT2D eigenvalue weighted by Gasteiger charge is -2.24. The van der Waals surface area contributed by atoms with Crippen LogP contribution in [0, 0.1) is 11.3 Å². The second-order valence-corrected chi connectivity index (χ2v) is 7.72. The van der Waals surface area contributed by atoms with Gasteiger partial charge in [-0.3, -0.25) is 0 Å². The lowest BCUT2D eigenvalue weighted by atomic mass is 10.1. The van der Waals surface area contributed by atoms with E-state index in [-0.39, 0.29) is 12.6 Å². The van der Waals surface area contributed by atoms with Crippen molar-refractivity contribution in [3.63, 3.8) is 0 Å². The van der Waals surface area contributed by atoms with Crippen LogP contribution in [0.3, 0.4) is 0 Å². The molecule has 0 aliphatic carbocycles. The maximum Gasteiger partial charge on any atom is 0.416 e. The fourth-order valence-corrected chi connectivity index (χ4v) is 3.46. The summed E-state index contributed by atoms with van der Waals surface area (Å²) in [6.07, 6.45) is -0.895. The second kappa shape index (κ2) is 10.7. The van der Waals surface area contributed by atoms with Gasteiger partial charge in [-0.05, 0) is 54.4 Å². The number of carbonyl (C=O) groups excluding carboxylic acids is 1. The zero-order valence-corrected chi connectivity index (χ0v) is 18.3. The highest BCUT2D eigenvalue weighted by Gasteiger charge is 2.30. The van der Waals surface area contributed by atoms with Gasteiger partial charge in [0.05, 0.1) is 23.7 Å². The van der Waals surface area contributed by atoms with Crippen LogP contribution in [-0.4, -0.2) is 22.0 Å². The zero-order chi connectivity index (χ0) is 23.8. The van der Waals surface area contributed by atoms with E-state index in [2.05, 4.69) is 5.32 Å². The molecule has 0 atom stereocenters. The summed E-state index contributed by atoms with van der Waals surface area (Å²) in [5.41, 5.74) is 1.63. The van der Waals surface area contributed by atoms with Crippen molar-refractivity contribution >= 4 is 11.7 Å². The molecule has 0 saturated heterocycles. The number of hydrogen-bond donors (Lipinski definition) is 1. The summed E-state index contributed by atoms with van der Waals surface area (Å²) in [7, 11) is 0. The van der Waals surface area contributed by atoms with Crippen molar-refractivity contribution in [2.45, 2.75) is 39.0 Å². The average molecular weight is 454 g/mol. The van der Waals surface area contributed by atoms with E-state index in [9.17, 15) is 18.0 Å². The molecule has 0 saturated carbocycles. The maximum atomic E-state index is 13.1. The minimum Gasteiger partial charge on any atom is -0.345 e. The molecular weight excluding hydrogens is 429 g/mol. The molecule has 2 amide bonds. The Morgan fingerprint density at radius 2 is 1.91 bits per heavy atom. The third kappa shape index (κ3) is 6.62. The van der Waals surface area contributed by atoms with Gasteiger partial charge in [0.25, 0.3) is 0 Å². The number of benzene rings is 2. The normalized spacial score (nSPS) is 11.1. The molecule has 8 heteroatoms. The number of halogens is 3. The van der Waals surface area contributed by atoms with E-state index in [4.69, 9.17) is 5.26 Å². The van der Waals surface area contributed by atoms with Crippen LogP contribution >= 0.6 is 0 Å². The molecule has 0 bridgehead atoms. The van der Waals surface area contributed by atoms with Crippen LogP contribution in [-0.2, 0) is 19.3 Å². The average Bonchev–Trinajstić information content (AvgIpc) is 3.22. The minimum absolute atomic E-state index is 0.264. The summed E-state index contributed by atoms with van der Waals surface area (Å²) >= 11 is 0. The first-order chi connectivity index (χ1) is 15.8. The molecular formula is C25H25F3N4O. The Hall–Kier alpha value is -3.73. The third-order valence-electron chi connectivity index (χ3n) is 5.20. The number of urea groups is 1. The van der Waals surface area contributed by atoms with Crippen LogP contribution in [0.25, 0.3) is 0 Å². The van der Waals surface area contributed by atoms with Crippen molar-refractivity contribution in [3.05, 3.63) is 89.2 Å². The number of nitrogens with zero attached hydrogens (tertiary/aromatic N) is 3. The molecule has 3 aromatic rings. The number of unbranched alkanes of at least 4 members (excludes halogenated alkanes) is 1. The number of rotatable bonds is 8. The second-order valence-electron chi connectivity index (χ2n) is 7.72. The maximum absolute atomic E-state index is 13.1. The zero-order valence-electron chi connectivity index (χ0n) is 18.3. The van der Waals surface area contributed by atoms with Crippen molar-refractivity contribution in [2.75, 3.05) is 11.9 Å². The molecule has 0 unspecified atom stereocenters. The summed E-state index contributed by atoms with van der Waals surface area (Å²) in [6, 6.07) is 17.3. The molecule has 0 fully saturated rings. The molecule has 33 heavy (non-hydrogen) atoms. The van der Waals surface area contributed by atoms with E-state index < -0.39 is 11.7 Å². The van der Waals surface area contributed by atoms with E-state index in [1.54, 1.807) is 41.4 Å². The Kier molecular flexibility index (Phi) is 7.78. The van der Waals surface area contributed by atoms with Gasteiger partial charge in [0.15, 0.2) is 0 Å². The third-order valence-corrected chi connectivity index (χ3v) is 5.20. The van der Waals surface area contributed by atoms with E-state index in [1.807, 2.05) is 29.7 Å². The van der Waals surface area contributed by atoms with E-state index in [0.717, 1.165) is 30.7 Å². The summed E-state index contributed by atoms with van der Waals surface area (Å²) in [4.78, 5) is 14.6. The van der Waals surface area contributed by atoms with Gasteiger partial charge in [0.1, 0.15) is 0 Å². The van der Waals surface area contributed by atoms with Gasteiger partial charge in [0.2, 0.25) is 0 Å². The Morgan fingerprint density at radius 3 is 2.64 bits per heavy atom. The molecule has 172 valence electrons. The Balaban J connectivity index is 1.76. The van der Waals surface area contributed by atoms with Gasteiger partial charge in [-0.15, -0.1) is 0 Å². The quantitative estimate of drug-likeness (QED) is 0.437. The number of hydrogen-bond acceptors (Lipinski definition) is 2. The van der Waals surface area contributed by atoms with Crippen LogP contribution in [0.1, 0.15) is 42.1 Å². The number of alkyl halides is 3. The van der Waals surface area contributed by atoms with Crippen LogP contribution in [0.15, 0.2) is 66.9 Å². The first-order valence-corrected chi connectivity index (χ1v) is 10.7. The molecule has 2 aromatic carbocycles. The largest absolute Gasteiger partial charge is 0.416 e. The van der Waals surface area contributed by atoms with E-state index >= 15 is 0 Å². The lowest BCUT2D eigenvalue weighted by Crippen LogP contribution is -2.36. The molecule has 1 N–H and O–H groups in total. The SMILES string of the molecule is CCCCN(Cc1cccn1Cc1cccc(C(F)(F)F)c1)C(=O)Nc1cccc(C#N)c1. The molecule has 0 spiro atoms. The van der Waals surface area contributed by atoms with Crippen LogP contribution in [0.4, 0.5) is 23.7 Å². The standard InChI is InChI=1S/C25H25F3N4O/c1-2-3-12-32(24(33)30-22-10-5-7-19(15-22)16-29)18-23-11-6-13-31(23)17-20-8-4-9-21(14-20)25(26,27)28/h4-11,13-15H,2-3,12,17-18H2,1H3,(H,30,33). The highest BCUT2D eigenvalue weighted by Crippen LogP contribution is 2.29. The highest BCUT2D eigenvalue weighted by atomic mass is 19.4. The number of carbonyl (C=O) groups is 1. The summed E-state index contributed by atoms with van der Waals surface area (Å²) in [5.74, 6) is 0. The Labute approximate surface area is 191 Å². The number of nitriles is 1. The summed E-state index contributed by atoms with van der Waals surface area (Å²) < 4.78 is 41.0. The number of nitrogens with one attached hydrogen (secondary N) is 1. The molecule has 3 rings (SSSR count). The smallest absolute Gasteiger partial charge is 0.345 e.